The molecule has 0 radical (unpaired) electrons. The number of benzene rings is 2. The first kappa shape index (κ1) is 22.1. The van der Waals surface area contributed by atoms with E-state index in [0.717, 1.165) is 47.9 Å². The average molecular weight is 451 g/mol. The molecule has 2 heterocycles. The Morgan fingerprint density at radius 3 is 2.47 bits per heavy atom. The van der Waals surface area contributed by atoms with Crippen LogP contribution in [0.4, 0.5) is 11.4 Å². The number of aliphatic imine (C=N–C) groups is 1. The SMILES string of the molecule is Cc1ccc(NC(=O)c2ccc(NC(=O)CC3SC(N4CCCC4)=NC3=O)cc2)c(C)c1. The van der Waals surface area contributed by atoms with E-state index < -0.39 is 5.25 Å². The van der Waals surface area contributed by atoms with E-state index in [2.05, 4.69) is 20.5 Å². The van der Waals surface area contributed by atoms with Gasteiger partial charge in [0, 0.05) is 36.4 Å². The van der Waals surface area contributed by atoms with E-state index in [1.165, 1.54) is 11.8 Å². The Morgan fingerprint density at radius 2 is 1.78 bits per heavy atom. The van der Waals surface area contributed by atoms with Crippen molar-refractivity contribution in [2.45, 2.75) is 38.4 Å². The summed E-state index contributed by atoms with van der Waals surface area (Å²) in [5.74, 6) is -0.707. The van der Waals surface area contributed by atoms with Crippen LogP contribution in [0.3, 0.4) is 0 Å². The predicted molar refractivity (Wildman–Crippen MR) is 128 cm³/mol. The lowest BCUT2D eigenvalue weighted by Gasteiger charge is -2.16. The fourth-order valence-electron chi connectivity index (χ4n) is 3.79. The van der Waals surface area contributed by atoms with Crippen LogP contribution in [0.2, 0.25) is 0 Å². The Hall–Kier alpha value is -3.13. The van der Waals surface area contributed by atoms with Crippen molar-refractivity contribution in [1.82, 2.24) is 4.90 Å². The number of anilines is 2. The minimum Gasteiger partial charge on any atom is -0.351 e. The maximum Gasteiger partial charge on any atom is 0.262 e. The summed E-state index contributed by atoms with van der Waals surface area (Å²) in [4.78, 5) is 43.4. The molecular formula is C24H26N4O3S. The van der Waals surface area contributed by atoms with Gasteiger partial charge >= 0.3 is 0 Å². The Bertz CT molecular complexity index is 1080. The molecule has 2 aliphatic heterocycles. The van der Waals surface area contributed by atoms with Gasteiger partial charge in [0.15, 0.2) is 5.17 Å². The number of hydrogen-bond acceptors (Lipinski definition) is 5. The number of nitrogens with one attached hydrogen (secondary N) is 2. The molecule has 0 spiro atoms. The summed E-state index contributed by atoms with van der Waals surface area (Å²) in [5.41, 5.74) is 3.98. The summed E-state index contributed by atoms with van der Waals surface area (Å²) in [6.45, 7) is 5.79. The topological polar surface area (TPSA) is 90.9 Å². The number of amides is 3. The summed E-state index contributed by atoms with van der Waals surface area (Å²) in [7, 11) is 0. The zero-order chi connectivity index (χ0) is 22.7. The second-order valence-electron chi connectivity index (χ2n) is 8.14. The third-order valence-corrected chi connectivity index (χ3v) is 6.75. The van der Waals surface area contributed by atoms with E-state index >= 15 is 0 Å². The van der Waals surface area contributed by atoms with Gasteiger partial charge in [-0.2, -0.15) is 4.99 Å². The Morgan fingerprint density at radius 1 is 1.06 bits per heavy atom. The summed E-state index contributed by atoms with van der Waals surface area (Å²) >= 11 is 1.38. The molecule has 8 heteroatoms. The van der Waals surface area contributed by atoms with Gasteiger partial charge in [0.2, 0.25) is 5.91 Å². The van der Waals surface area contributed by atoms with Crippen LogP contribution in [0.5, 0.6) is 0 Å². The fraction of sp³-hybridized carbons (Fsp3) is 0.333. The first-order chi connectivity index (χ1) is 15.4. The number of amidine groups is 1. The minimum atomic E-state index is -0.478. The van der Waals surface area contributed by atoms with E-state index in [4.69, 9.17) is 0 Å². The molecule has 0 bridgehead atoms. The number of aryl methyl sites for hydroxylation is 2. The Labute approximate surface area is 191 Å². The highest BCUT2D eigenvalue weighted by molar-refractivity contribution is 8.15. The molecule has 1 fully saturated rings. The molecule has 2 aromatic carbocycles. The molecule has 3 amide bonds. The van der Waals surface area contributed by atoms with Crippen molar-refractivity contribution in [2.24, 2.45) is 4.99 Å². The Balaban J connectivity index is 1.30. The average Bonchev–Trinajstić information content (AvgIpc) is 3.41. The normalized spacial score (nSPS) is 17.9. The molecule has 1 saturated heterocycles. The maximum absolute atomic E-state index is 12.5. The van der Waals surface area contributed by atoms with Crippen LogP contribution in [0.15, 0.2) is 47.5 Å². The van der Waals surface area contributed by atoms with Gasteiger partial charge in [-0.3, -0.25) is 14.4 Å². The first-order valence-electron chi connectivity index (χ1n) is 10.7. The van der Waals surface area contributed by atoms with Crippen LogP contribution in [0.25, 0.3) is 0 Å². The molecule has 0 aromatic heterocycles. The van der Waals surface area contributed by atoms with Crippen molar-refractivity contribution in [3.63, 3.8) is 0 Å². The molecule has 1 atom stereocenters. The maximum atomic E-state index is 12.5. The van der Waals surface area contributed by atoms with E-state index in [9.17, 15) is 14.4 Å². The molecule has 2 aromatic rings. The van der Waals surface area contributed by atoms with Crippen molar-refractivity contribution in [1.29, 1.82) is 0 Å². The van der Waals surface area contributed by atoms with Crippen LogP contribution >= 0.6 is 11.8 Å². The lowest BCUT2D eigenvalue weighted by atomic mass is 10.1. The highest BCUT2D eigenvalue weighted by Gasteiger charge is 2.33. The van der Waals surface area contributed by atoms with Gasteiger partial charge in [0.1, 0.15) is 5.25 Å². The summed E-state index contributed by atoms with van der Waals surface area (Å²) < 4.78 is 0. The van der Waals surface area contributed by atoms with Gasteiger partial charge in [0.25, 0.3) is 11.8 Å². The van der Waals surface area contributed by atoms with Gasteiger partial charge in [-0.1, -0.05) is 29.5 Å². The van der Waals surface area contributed by atoms with Gasteiger partial charge in [-0.15, -0.1) is 0 Å². The molecule has 1 unspecified atom stereocenters. The fourth-order valence-corrected chi connectivity index (χ4v) is 4.90. The van der Waals surface area contributed by atoms with Crippen molar-refractivity contribution in [3.8, 4) is 0 Å². The van der Waals surface area contributed by atoms with Crippen molar-refractivity contribution < 1.29 is 14.4 Å². The lowest BCUT2D eigenvalue weighted by molar-refractivity contribution is -0.121. The van der Waals surface area contributed by atoms with Gasteiger partial charge in [-0.25, -0.2) is 0 Å². The number of nitrogens with zero attached hydrogens (tertiary/aromatic N) is 2. The second-order valence-corrected chi connectivity index (χ2v) is 9.31. The molecular weight excluding hydrogens is 424 g/mol. The van der Waals surface area contributed by atoms with E-state index in [-0.39, 0.29) is 24.1 Å². The number of rotatable bonds is 5. The third-order valence-electron chi connectivity index (χ3n) is 5.54. The molecule has 32 heavy (non-hydrogen) atoms. The highest BCUT2D eigenvalue weighted by Crippen LogP contribution is 2.29. The third kappa shape index (κ3) is 5.19. The number of thioether (sulfide) groups is 1. The van der Waals surface area contributed by atoms with Crippen molar-refractivity contribution >= 4 is 46.0 Å². The highest BCUT2D eigenvalue weighted by atomic mass is 32.2. The minimum absolute atomic E-state index is 0.0687. The number of hydrogen-bond donors (Lipinski definition) is 2. The van der Waals surface area contributed by atoms with E-state index in [0.29, 0.717) is 11.3 Å². The van der Waals surface area contributed by atoms with Gasteiger partial charge in [0.05, 0.1) is 0 Å². The first-order valence-corrected chi connectivity index (χ1v) is 11.6. The smallest absolute Gasteiger partial charge is 0.262 e. The van der Waals surface area contributed by atoms with Crippen LogP contribution in [0.1, 0.15) is 40.7 Å². The number of carbonyl (C=O) groups excluding carboxylic acids is 3. The van der Waals surface area contributed by atoms with Gasteiger partial charge in [-0.05, 0) is 62.6 Å². The number of likely N-dealkylation sites (tertiary alicyclic amines) is 1. The van der Waals surface area contributed by atoms with Crippen LogP contribution in [-0.4, -0.2) is 46.1 Å². The van der Waals surface area contributed by atoms with E-state index in [1.807, 2.05) is 32.0 Å². The summed E-state index contributed by atoms with van der Waals surface area (Å²) in [6.07, 6.45) is 2.29. The van der Waals surface area contributed by atoms with Crippen LogP contribution in [-0.2, 0) is 9.59 Å². The molecule has 4 rings (SSSR count). The lowest BCUT2D eigenvalue weighted by Crippen LogP contribution is -2.25. The molecule has 7 nitrogen and oxygen atoms in total. The van der Waals surface area contributed by atoms with Crippen LogP contribution in [0, 0.1) is 13.8 Å². The standard InChI is InChI=1S/C24H26N4O3S/c1-15-5-10-19(16(2)13-15)26-22(30)17-6-8-18(9-7-17)25-21(29)14-20-23(31)27-24(32-20)28-11-3-4-12-28/h5-10,13,20H,3-4,11-12,14H2,1-2H3,(H,25,29)(H,26,30). The predicted octanol–water partition coefficient (Wildman–Crippen LogP) is 3.98. The zero-order valence-corrected chi connectivity index (χ0v) is 19.0. The van der Waals surface area contributed by atoms with Crippen LogP contribution < -0.4 is 10.6 Å². The Kier molecular flexibility index (Phi) is 6.60. The van der Waals surface area contributed by atoms with E-state index in [1.54, 1.807) is 24.3 Å². The molecule has 0 saturated carbocycles. The summed E-state index contributed by atoms with van der Waals surface area (Å²) in [5, 5.41) is 5.98. The monoisotopic (exact) mass is 450 g/mol. The second kappa shape index (κ2) is 9.56. The van der Waals surface area contributed by atoms with Gasteiger partial charge < -0.3 is 15.5 Å². The van der Waals surface area contributed by atoms with Crippen molar-refractivity contribution in [2.75, 3.05) is 23.7 Å². The number of carbonyl (C=O) groups is 3. The molecule has 2 aliphatic rings. The molecule has 166 valence electrons. The van der Waals surface area contributed by atoms with Crippen molar-refractivity contribution in [3.05, 3.63) is 59.2 Å². The molecule has 0 aliphatic carbocycles. The quantitative estimate of drug-likeness (QED) is 0.719. The largest absolute Gasteiger partial charge is 0.351 e. The zero-order valence-electron chi connectivity index (χ0n) is 18.2. The summed E-state index contributed by atoms with van der Waals surface area (Å²) in [6, 6.07) is 12.6. The molecule has 2 N–H and O–H groups in total.